The first-order valence-corrected chi connectivity index (χ1v) is 23.7. The summed E-state index contributed by atoms with van der Waals surface area (Å²) in [5.41, 5.74) is 0.0757. The van der Waals surface area contributed by atoms with Crippen molar-refractivity contribution in [2.24, 2.45) is 0 Å². The summed E-state index contributed by atoms with van der Waals surface area (Å²) in [5, 5.41) is 11.7. The van der Waals surface area contributed by atoms with Gasteiger partial charge < -0.3 is 48.7 Å². The number of hydrogen-bond donors (Lipinski definition) is 4. The molecule has 17 nitrogen and oxygen atoms in total. The second-order valence-electron chi connectivity index (χ2n) is 16.8. The van der Waals surface area contributed by atoms with Crippen LogP contribution in [0.3, 0.4) is 0 Å². The highest BCUT2D eigenvalue weighted by atomic mass is 16.5. The third-order valence-electron chi connectivity index (χ3n) is 11.6. The second kappa shape index (κ2) is 26.3. The van der Waals surface area contributed by atoms with E-state index in [4.69, 9.17) is 27.5 Å². The van der Waals surface area contributed by atoms with Crippen LogP contribution in [-0.4, -0.2) is 48.8 Å². The highest BCUT2D eigenvalue weighted by Crippen LogP contribution is 2.27. The van der Waals surface area contributed by atoms with Gasteiger partial charge in [-0.15, -0.1) is 0 Å². The van der Waals surface area contributed by atoms with Crippen molar-refractivity contribution >= 4 is 23.6 Å². The van der Waals surface area contributed by atoms with E-state index < -0.39 is 39.5 Å². The second-order valence-corrected chi connectivity index (χ2v) is 16.8. The van der Waals surface area contributed by atoms with E-state index in [0.29, 0.717) is 24.8 Å². The quantitative estimate of drug-likeness (QED) is 0.0388. The molecule has 7 aromatic rings. The normalized spacial score (nSPS) is 11.0. The molecular formula is C56H54N4O13. The zero-order chi connectivity index (χ0) is 51.3. The van der Waals surface area contributed by atoms with Gasteiger partial charge in [-0.2, -0.15) is 0 Å². The molecule has 0 saturated carbocycles. The molecule has 376 valence electrons. The summed E-state index contributed by atoms with van der Waals surface area (Å²) >= 11 is 0. The maximum Gasteiger partial charge on any atom is 0.291 e. The Balaban J connectivity index is 1.07. The van der Waals surface area contributed by atoms with Crippen LogP contribution < -0.4 is 51.8 Å². The maximum absolute atomic E-state index is 14.1. The zero-order valence-electron chi connectivity index (χ0n) is 39.8. The smallest absolute Gasteiger partial charge is 0.291 e. The number of nitrogens with one attached hydrogen (secondary N) is 4. The third-order valence-corrected chi connectivity index (χ3v) is 11.6. The molecule has 0 fully saturated rings. The van der Waals surface area contributed by atoms with Gasteiger partial charge in [0.15, 0.2) is 0 Å². The van der Waals surface area contributed by atoms with Gasteiger partial charge in [0.25, 0.3) is 23.6 Å². The molecule has 4 aromatic carbocycles. The average molecular weight is 991 g/mol. The van der Waals surface area contributed by atoms with E-state index in [0.717, 1.165) is 53.7 Å². The van der Waals surface area contributed by atoms with Crippen LogP contribution in [0, 0.1) is 0 Å². The molecule has 0 atom stereocenters. The molecule has 0 aliphatic carbocycles. The summed E-state index contributed by atoms with van der Waals surface area (Å²) in [6, 6.07) is 39.4. The lowest BCUT2D eigenvalue weighted by molar-refractivity contribution is 0.0851. The average Bonchev–Trinajstić information content (AvgIpc) is 3.42. The van der Waals surface area contributed by atoms with Gasteiger partial charge in [0, 0.05) is 48.9 Å². The SMILES string of the molecule is O=C(NC(CCCNC(=O)c1occc(=O)c1OCc1ccccc1)(CCCNC(=O)c1occc(=O)c1OCc1ccccc1)CCCNC(=O)c1occc(=O)c1OCc1ccccc1)c1ccccc1. The van der Waals surface area contributed by atoms with Crippen LogP contribution in [0.25, 0.3) is 0 Å². The summed E-state index contributed by atoms with van der Waals surface area (Å²) in [5.74, 6) is -4.09. The Kier molecular flexibility index (Phi) is 18.7. The van der Waals surface area contributed by atoms with Crippen LogP contribution in [-0.2, 0) is 19.8 Å². The van der Waals surface area contributed by atoms with Crippen LogP contribution in [0.1, 0.15) is 97.2 Å². The minimum atomic E-state index is -1.02. The van der Waals surface area contributed by atoms with E-state index in [1.54, 1.807) is 30.3 Å². The molecule has 0 spiro atoms. The van der Waals surface area contributed by atoms with Crippen LogP contribution in [0.2, 0.25) is 0 Å². The van der Waals surface area contributed by atoms with E-state index in [-0.39, 0.29) is 99.2 Å². The van der Waals surface area contributed by atoms with Crippen LogP contribution in [0.5, 0.6) is 17.2 Å². The molecular weight excluding hydrogens is 937 g/mol. The first-order valence-electron chi connectivity index (χ1n) is 23.7. The Hall–Kier alpha value is -8.99. The highest BCUT2D eigenvalue weighted by molar-refractivity contribution is 5.95. The fourth-order valence-corrected chi connectivity index (χ4v) is 7.88. The summed E-state index contributed by atoms with van der Waals surface area (Å²) in [6.45, 7) is 0.280. The molecule has 3 heterocycles. The molecule has 4 N–H and O–H groups in total. The molecule has 0 unspecified atom stereocenters. The number of benzene rings is 4. The van der Waals surface area contributed by atoms with Crippen LogP contribution in [0.4, 0.5) is 0 Å². The van der Waals surface area contributed by atoms with Gasteiger partial charge in [0.05, 0.1) is 18.8 Å². The van der Waals surface area contributed by atoms with E-state index in [2.05, 4.69) is 21.3 Å². The summed E-state index contributed by atoms with van der Waals surface area (Å²) < 4.78 is 33.8. The molecule has 0 aliphatic heterocycles. The molecule has 4 amide bonds. The van der Waals surface area contributed by atoms with E-state index >= 15 is 0 Å². The number of hydrogen-bond acceptors (Lipinski definition) is 13. The minimum Gasteiger partial charge on any atom is -0.481 e. The Morgan fingerprint density at radius 2 is 0.699 bits per heavy atom. The molecule has 0 bridgehead atoms. The van der Waals surface area contributed by atoms with Crippen molar-refractivity contribution in [2.45, 2.75) is 63.9 Å². The van der Waals surface area contributed by atoms with Gasteiger partial charge in [-0.3, -0.25) is 33.6 Å². The van der Waals surface area contributed by atoms with Crippen molar-refractivity contribution in [2.75, 3.05) is 19.6 Å². The van der Waals surface area contributed by atoms with Crippen molar-refractivity contribution < 1.29 is 46.6 Å². The number of carbonyl (C=O) groups is 4. The van der Waals surface area contributed by atoms with E-state index in [9.17, 15) is 33.6 Å². The van der Waals surface area contributed by atoms with Gasteiger partial charge >= 0.3 is 0 Å². The monoisotopic (exact) mass is 990 g/mol. The molecule has 3 aromatic heterocycles. The van der Waals surface area contributed by atoms with Crippen molar-refractivity contribution in [1.29, 1.82) is 0 Å². The van der Waals surface area contributed by atoms with Gasteiger partial charge in [-0.25, -0.2) is 0 Å². The molecule has 0 aliphatic rings. The first-order chi connectivity index (χ1) is 35.6. The topological polar surface area (TPSA) is 235 Å². The van der Waals surface area contributed by atoms with Crippen LogP contribution >= 0.6 is 0 Å². The summed E-state index contributed by atoms with van der Waals surface area (Å²) in [6.07, 6.45) is 5.06. The van der Waals surface area contributed by atoms with Gasteiger partial charge in [-0.05, 0) is 67.3 Å². The number of amides is 4. The van der Waals surface area contributed by atoms with Gasteiger partial charge in [0.2, 0.25) is 50.8 Å². The zero-order valence-corrected chi connectivity index (χ0v) is 39.8. The number of ether oxygens (including phenoxy) is 3. The highest BCUT2D eigenvalue weighted by Gasteiger charge is 2.32. The lowest BCUT2D eigenvalue weighted by Gasteiger charge is -2.36. The largest absolute Gasteiger partial charge is 0.481 e. The van der Waals surface area contributed by atoms with Crippen molar-refractivity contribution in [3.63, 3.8) is 0 Å². The molecule has 73 heavy (non-hydrogen) atoms. The standard InChI is InChI=1S/C56H54N4O13/c61-43-24-33-68-49(46(43)71-36-39-16-5-1-6-17-39)53(65)57-30-13-27-56(60-52(64)42-22-11-4-12-23-42,28-14-31-58-54(66)50-47(44(62)25-34-69-50)72-37-40-18-7-2-8-19-40)29-15-32-59-55(67)51-48(45(63)26-35-70-51)73-38-41-20-9-3-10-21-41/h1-12,16-26,33-35H,13-15,27-32,36-38H2,(H,57,65)(H,58,66)(H,59,67)(H,60,64). The number of carbonyl (C=O) groups excluding carboxylic acids is 4. The Morgan fingerprint density at radius 1 is 0.397 bits per heavy atom. The molecule has 7 rings (SSSR count). The summed E-state index contributed by atoms with van der Waals surface area (Å²) in [4.78, 5) is 93.4. The minimum absolute atomic E-state index is 0.0203. The van der Waals surface area contributed by atoms with E-state index in [1.165, 1.54) is 0 Å². The van der Waals surface area contributed by atoms with E-state index in [1.807, 2.05) is 91.0 Å². The fourth-order valence-electron chi connectivity index (χ4n) is 7.88. The Morgan fingerprint density at radius 3 is 1.01 bits per heavy atom. The fraction of sp³-hybridized carbons (Fsp3) is 0.232. The number of rotatable bonds is 26. The van der Waals surface area contributed by atoms with Gasteiger partial charge in [0.1, 0.15) is 19.8 Å². The lowest BCUT2D eigenvalue weighted by Crippen LogP contribution is -2.50. The first kappa shape index (κ1) is 51.8. The molecule has 0 saturated heterocycles. The Bertz CT molecular complexity index is 2820. The third kappa shape index (κ3) is 15.0. The maximum atomic E-state index is 14.1. The molecule has 17 heteroatoms. The lowest BCUT2D eigenvalue weighted by atomic mass is 9.83. The Labute approximate surface area is 419 Å². The predicted molar refractivity (Wildman–Crippen MR) is 269 cm³/mol. The molecule has 0 radical (unpaired) electrons. The predicted octanol–water partition coefficient (Wildman–Crippen LogP) is 7.38. The van der Waals surface area contributed by atoms with Crippen molar-refractivity contribution in [3.8, 4) is 17.2 Å². The van der Waals surface area contributed by atoms with Crippen molar-refractivity contribution in [3.05, 3.63) is 229 Å². The van der Waals surface area contributed by atoms with Crippen molar-refractivity contribution in [1.82, 2.24) is 21.3 Å². The van der Waals surface area contributed by atoms with Gasteiger partial charge in [-0.1, -0.05) is 109 Å². The van der Waals surface area contributed by atoms with Crippen LogP contribution in [0.15, 0.2) is 186 Å². The summed E-state index contributed by atoms with van der Waals surface area (Å²) in [7, 11) is 0.